The second-order valence-corrected chi connectivity index (χ2v) is 4.73. The van der Waals surface area contributed by atoms with Gasteiger partial charge in [-0.15, -0.1) is 0 Å². The summed E-state index contributed by atoms with van der Waals surface area (Å²) in [7, 11) is 0. The van der Waals surface area contributed by atoms with Crippen LogP contribution >= 0.6 is 15.9 Å². The van der Waals surface area contributed by atoms with E-state index in [1.54, 1.807) is 24.3 Å². The summed E-state index contributed by atoms with van der Waals surface area (Å²) >= 11 is 3.21. The quantitative estimate of drug-likeness (QED) is 0.669. The average Bonchev–Trinajstić information content (AvgIpc) is 2.46. The van der Waals surface area contributed by atoms with E-state index < -0.39 is 4.92 Å². The van der Waals surface area contributed by atoms with E-state index in [1.165, 1.54) is 12.3 Å². The number of hydrogen-bond acceptors (Lipinski definition) is 5. The number of pyridine rings is 1. The van der Waals surface area contributed by atoms with Crippen LogP contribution < -0.4 is 4.74 Å². The molecule has 0 aliphatic rings. The zero-order valence-electron chi connectivity index (χ0n) is 10.3. The molecule has 0 saturated heterocycles. The van der Waals surface area contributed by atoms with Crippen LogP contribution in [0.2, 0.25) is 0 Å². The largest absolute Gasteiger partial charge is 0.487 e. The molecular formula is C13H11BrN2O4. The molecule has 20 heavy (non-hydrogen) atoms. The van der Waals surface area contributed by atoms with Crippen molar-refractivity contribution in [3.63, 3.8) is 0 Å². The number of benzene rings is 1. The molecule has 0 fully saturated rings. The smallest absolute Gasteiger partial charge is 0.283 e. The maximum Gasteiger partial charge on any atom is 0.283 e. The standard InChI is InChI=1S/C13H11BrN2O4/c14-13-9(2-1-3-12(13)16(18)19)8-20-11-5-4-10(7-17)15-6-11/h1-6,17H,7-8H2. The molecule has 0 radical (unpaired) electrons. The Morgan fingerprint density at radius 1 is 1.35 bits per heavy atom. The van der Waals surface area contributed by atoms with Crippen LogP contribution in [0.1, 0.15) is 11.3 Å². The summed E-state index contributed by atoms with van der Waals surface area (Å²) in [6.45, 7) is 0.0547. The summed E-state index contributed by atoms with van der Waals surface area (Å²) in [6.07, 6.45) is 1.50. The van der Waals surface area contributed by atoms with Crippen molar-refractivity contribution >= 4 is 21.6 Å². The van der Waals surface area contributed by atoms with Gasteiger partial charge >= 0.3 is 0 Å². The Hall–Kier alpha value is -1.99. The molecule has 0 atom stereocenters. The second-order valence-electron chi connectivity index (χ2n) is 3.94. The first-order valence-corrected chi connectivity index (χ1v) is 6.51. The number of rotatable bonds is 5. The molecule has 0 bridgehead atoms. The SMILES string of the molecule is O=[N+]([O-])c1cccc(COc2ccc(CO)nc2)c1Br. The van der Waals surface area contributed by atoms with Crippen LogP contribution in [0.3, 0.4) is 0 Å². The predicted molar refractivity (Wildman–Crippen MR) is 75.3 cm³/mol. The number of nitrogens with zero attached hydrogens (tertiary/aromatic N) is 2. The molecule has 0 spiro atoms. The van der Waals surface area contributed by atoms with Crippen molar-refractivity contribution in [1.82, 2.24) is 4.98 Å². The molecule has 0 aliphatic heterocycles. The summed E-state index contributed by atoms with van der Waals surface area (Å²) in [5, 5.41) is 19.7. The van der Waals surface area contributed by atoms with Gasteiger partial charge in [-0.25, -0.2) is 0 Å². The third-order valence-corrected chi connectivity index (χ3v) is 3.52. The summed E-state index contributed by atoms with van der Waals surface area (Å²) < 4.78 is 5.92. The first kappa shape index (κ1) is 14.4. The monoisotopic (exact) mass is 338 g/mol. The van der Waals surface area contributed by atoms with Gasteiger partial charge in [0.15, 0.2) is 0 Å². The zero-order valence-corrected chi connectivity index (χ0v) is 11.9. The van der Waals surface area contributed by atoms with Gasteiger partial charge in [0.25, 0.3) is 5.69 Å². The van der Waals surface area contributed by atoms with Crippen molar-refractivity contribution in [2.75, 3.05) is 0 Å². The van der Waals surface area contributed by atoms with Crippen LogP contribution in [0.4, 0.5) is 5.69 Å². The summed E-state index contributed by atoms with van der Waals surface area (Å²) in [6, 6.07) is 8.11. The van der Waals surface area contributed by atoms with Gasteiger partial charge in [-0.3, -0.25) is 15.1 Å². The molecule has 104 valence electrons. The summed E-state index contributed by atoms with van der Waals surface area (Å²) in [4.78, 5) is 14.3. The number of halogens is 1. The van der Waals surface area contributed by atoms with Crippen LogP contribution in [-0.2, 0) is 13.2 Å². The van der Waals surface area contributed by atoms with E-state index in [9.17, 15) is 10.1 Å². The minimum atomic E-state index is -0.453. The minimum absolute atomic E-state index is 0.000136. The van der Waals surface area contributed by atoms with E-state index in [1.807, 2.05) is 0 Å². The lowest BCUT2D eigenvalue weighted by atomic mass is 10.2. The minimum Gasteiger partial charge on any atom is -0.487 e. The topological polar surface area (TPSA) is 85.5 Å². The molecule has 1 aromatic heterocycles. The van der Waals surface area contributed by atoms with Crippen molar-refractivity contribution in [2.24, 2.45) is 0 Å². The Balaban J connectivity index is 2.10. The highest BCUT2D eigenvalue weighted by Gasteiger charge is 2.14. The summed E-state index contributed by atoms with van der Waals surface area (Å²) in [5.41, 5.74) is 1.22. The molecule has 2 aromatic rings. The maximum absolute atomic E-state index is 10.8. The maximum atomic E-state index is 10.8. The molecule has 2 rings (SSSR count). The van der Waals surface area contributed by atoms with Gasteiger partial charge in [0.05, 0.1) is 23.4 Å². The third-order valence-electron chi connectivity index (χ3n) is 2.61. The van der Waals surface area contributed by atoms with E-state index in [-0.39, 0.29) is 18.9 Å². The van der Waals surface area contributed by atoms with Crippen molar-refractivity contribution in [3.8, 4) is 5.75 Å². The van der Waals surface area contributed by atoms with E-state index in [4.69, 9.17) is 9.84 Å². The fourth-order valence-electron chi connectivity index (χ4n) is 1.57. The predicted octanol–water partition coefficient (Wildman–Crippen LogP) is 2.82. The van der Waals surface area contributed by atoms with Crippen molar-refractivity contribution < 1.29 is 14.8 Å². The highest BCUT2D eigenvalue weighted by molar-refractivity contribution is 9.10. The Labute approximate surface area is 123 Å². The Kier molecular flexibility index (Phi) is 4.65. The lowest BCUT2D eigenvalue weighted by Gasteiger charge is -2.08. The van der Waals surface area contributed by atoms with Crippen molar-refractivity contribution in [3.05, 3.63) is 62.4 Å². The van der Waals surface area contributed by atoms with Crippen molar-refractivity contribution in [2.45, 2.75) is 13.2 Å². The normalized spacial score (nSPS) is 10.3. The molecule has 7 heteroatoms. The number of hydrogen-bond donors (Lipinski definition) is 1. The second kappa shape index (κ2) is 6.44. The number of nitro groups is 1. The highest BCUT2D eigenvalue weighted by atomic mass is 79.9. The number of aromatic nitrogens is 1. The third kappa shape index (κ3) is 3.31. The molecule has 1 aromatic carbocycles. The fourth-order valence-corrected chi connectivity index (χ4v) is 2.09. The molecule has 1 heterocycles. The fraction of sp³-hybridized carbons (Fsp3) is 0.154. The van der Waals surface area contributed by atoms with Crippen LogP contribution in [0, 0.1) is 10.1 Å². The van der Waals surface area contributed by atoms with Gasteiger partial charge in [-0.05, 0) is 28.1 Å². The van der Waals surface area contributed by atoms with Crippen LogP contribution in [0.25, 0.3) is 0 Å². The number of ether oxygens (including phenoxy) is 1. The number of nitro benzene ring substituents is 1. The molecule has 0 unspecified atom stereocenters. The van der Waals surface area contributed by atoms with E-state index in [0.717, 1.165) is 0 Å². The van der Waals surface area contributed by atoms with Gasteiger partial charge in [-0.2, -0.15) is 0 Å². The van der Waals surface area contributed by atoms with Gasteiger partial charge in [0.1, 0.15) is 16.8 Å². The van der Waals surface area contributed by atoms with E-state index >= 15 is 0 Å². The molecule has 6 nitrogen and oxygen atoms in total. The Bertz CT molecular complexity index is 616. The van der Waals surface area contributed by atoms with Crippen LogP contribution in [0.5, 0.6) is 5.75 Å². The van der Waals surface area contributed by atoms with E-state index in [2.05, 4.69) is 20.9 Å². The molecule has 0 aliphatic carbocycles. The van der Waals surface area contributed by atoms with E-state index in [0.29, 0.717) is 21.5 Å². The molecule has 0 amide bonds. The summed E-state index contributed by atoms with van der Waals surface area (Å²) in [5.74, 6) is 0.528. The van der Waals surface area contributed by atoms with Gasteiger partial charge in [-0.1, -0.05) is 12.1 Å². The zero-order chi connectivity index (χ0) is 14.5. The highest BCUT2D eigenvalue weighted by Crippen LogP contribution is 2.29. The van der Waals surface area contributed by atoms with Gasteiger partial charge in [0, 0.05) is 11.6 Å². The molecular weight excluding hydrogens is 328 g/mol. The molecule has 0 saturated carbocycles. The lowest BCUT2D eigenvalue weighted by Crippen LogP contribution is -1.99. The van der Waals surface area contributed by atoms with Crippen molar-refractivity contribution in [1.29, 1.82) is 0 Å². The Morgan fingerprint density at radius 2 is 2.15 bits per heavy atom. The lowest BCUT2D eigenvalue weighted by molar-refractivity contribution is -0.385. The molecule has 1 N–H and O–H groups in total. The Morgan fingerprint density at radius 3 is 2.75 bits per heavy atom. The first-order valence-electron chi connectivity index (χ1n) is 5.72. The van der Waals surface area contributed by atoms with Crippen LogP contribution in [-0.4, -0.2) is 15.0 Å². The average molecular weight is 339 g/mol. The first-order chi connectivity index (χ1) is 9.61. The van der Waals surface area contributed by atoms with Gasteiger partial charge < -0.3 is 9.84 Å². The number of aliphatic hydroxyl groups is 1. The van der Waals surface area contributed by atoms with Gasteiger partial charge in [0.2, 0.25) is 0 Å². The van der Waals surface area contributed by atoms with Crippen LogP contribution in [0.15, 0.2) is 41.0 Å². The number of aliphatic hydroxyl groups excluding tert-OH is 1.